The lowest BCUT2D eigenvalue weighted by Crippen LogP contribution is -2.22. The van der Waals surface area contributed by atoms with Gasteiger partial charge in [0.15, 0.2) is 0 Å². The number of rotatable bonds is 6. The Balaban J connectivity index is 1.34. The Bertz CT molecular complexity index is 1430. The second-order valence-corrected chi connectivity index (χ2v) is 8.80. The van der Waals surface area contributed by atoms with E-state index in [1.54, 1.807) is 12.3 Å². The maximum Gasteiger partial charge on any atom is 0.277 e. The van der Waals surface area contributed by atoms with Crippen LogP contribution in [0.15, 0.2) is 68.9 Å². The van der Waals surface area contributed by atoms with Crippen LogP contribution in [0.4, 0.5) is 5.69 Å². The van der Waals surface area contributed by atoms with E-state index in [-0.39, 0.29) is 5.91 Å². The summed E-state index contributed by atoms with van der Waals surface area (Å²) in [5, 5.41) is 13.3. The molecule has 0 aliphatic rings. The first-order valence-electron chi connectivity index (χ1n) is 10.4. The van der Waals surface area contributed by atoms with Gasteiger partial charge in [0.1, 0.15) is 5.76 Å². The number of amides is 1. The molecule has 162 valence electrons. The molecule has 0 saturated carbocycles. The van der Waals surface area contributed by atoms with Crippen LogP contribution in [0.3, 0.4) is 0 Å². The average molecular weight is 447 g/mol. The van der Waals surface area contributed by atoms with Crippen LogP contribution >= 0.6 is 11.8 Å². The SMILES string of the molecule is CCn1c2ccccc2c2cc(NC(=O)C(C)Sc3nnc(-c4ccoc4C)o3)ccc21. The van der Waals surface area contributed by atoms with Gasteiger partial charge in [-0.15, -0.1) is 10.2 Å². The summed E-state index contributed by atoms with van der Waals surface area (Å²) in [4.78, 5) is 12.8. The van der Waals surface area contributed by atoms with E-state index in [2.05, 4.69) is 45.2 Å². The first-order chi connectivity index (χ1) is 15.5. The molecule has 0 fully saturated rings. The van der Waals surface area contributed by atoms with Gasteiger partial charge in [-0.25, -0.2) is 0 Å². The number of hydrogen-bond donors (Lipinski definition) is 1. The summed E-state index contributed by atoms with van der Waals surface area (Å²) in [5.74, 6) is 0.952. The van der Waals surface area contributed by atoms with Crippen LogP contribution in [0.2, 0.25) is 0 Å². The van der Waals surface area contributed by atoms with Crippen LogP contribution in [-0.4, -0.2) is 25.9 Å². The van der Waals surface area contributed by atoms with Crippen molar-refractivity contribution in [1.29, 1.82) is 0 Å². The summed E-state index contributed by atoms with van der Waals surface area (Å²) in [6.07, 6.45) is 1.58. The van der Waals surface area contributed by atoms with Gasteiger partial charge in [0.25, 0.3) is 11.1 Å². The van der Waals surface area contributed by atoms with Crippen molar-refractivity contribution in [2.24, 2.45) is 0 Å². The Morgan fingerprint density at radius 3 is 2.72 bits per heavy atom. The number of carbonyl (C=O) groups excluding carboxylic acids is 1. The molecular formula is C24H22N4O3S. The largest absolute Gasteiger partial charge is 0.469 e. The van der Waals surface area contributed by atoms with E-state index in [0.29, 0.717) is 16.9 Å². The molecule has 0 spiro atoms. The highest BCUT2D eigenvalue weighted by Crippen LogP contribution is 2.32. The zero-order valence-corrected chi connectivity index (χ0v) is 18.8. The van der Waals surface area contributed by atoms with Gasteiger partial charge in [-0.2, -0.15) is 0 Å². The van der Waals surface area contributed by atoms with Crippen LogP contribution in [-0.2, 0) is 11.3 Å². The number of thioether (sulfide) groups is 1. The zero-order valence-electron chi connectivity index (χ0n) is 18.0. The standard InChI is InChI=1S/C24H22N4O3S/c1-4-28-20-8-6-5-7-18(20)19-13-16(9-10-21(19)28)25-22(29)15(3)32-24-27-26-23(31-24)17-11-12-30-14(17)2/h5-13,15H,4H2,1-3H3,(H,25,29). The fourth-order valence-electron chi connectivity index (χ4n) is 3.89. The third kappa shape index (κ3) is 3.56. The molecule has 32 heavy (non-hydrogen) atoms. The van der Waals surface area contributed by atoms with Gasteiger partial charge in [0, 0.05) is 34.0 Å². The van der Waals surface area contributed by atoms with Gasteiger partial charge in [0.2, 0.25) is 5.91 Å². The number of anilines is 1. The number of benzene rings is 2. The van der Waals surface area contributed by atoms with Crippen molar-refractivity contribution in [2.45, 2.75) is 37.8 Å². The lowest BCUT2D eigenvalue weighted by Gasteiger charge is -2.10. The molecule has 3 aromatic heterocycles. The predicted molar refractivity (Wildman–Crippen MR) is 126 cm³/mol. The lowest BCUT2D eigenvalue weighted by atomic mass is 10.1. The van der Waals surface area contributed by atoms with Crippen LogP contribution < -0.4 is 5.32 Å². The number of aryl methyl sites for hydroxylation is 2. The van der Waals surface area contributed by atoms with Crippen molar-refractivity contribution in [3.63, 3.8) is 0 Å². The number of nitrogens with zero attached hydrogens (tertiary/aromatic N) is 3. The molecule has 2 aromatic carbocycles. The second kappa shape index (κ2) is 8.20. The molecule has 3 heterocycles. The molecule has 1 atom stereocenters. The molecule has 0 bridgehead atoms. The summed E-state index contributed by atoms with van der Waals surface area (Å²) in [7, 11) is 0. The van der Waals surface area contributed by atoms with E-state index >= 15 is 0 Å². The third-order valence-electron chi connectivity index (χ3n) is 5.50. The van der Waals surface area contributed by atoms with Crippen LogP contribution in [0, 0.1) is 6.92 Å². The average Bonchev–Trinajstić information content (AvgIpc) is 3.50. The van der Waals surface area contributed by atoms with E-state index in [9.17, 15) is 4.79 Å². The molecule has 1 amide bonds. The van der Waals surface area contributed by atoms with E-state index in [4.69, 9.17) is 8.83 Å². The molecule has 0 aliphatic heterocycles. The molecule has 0 saturated heterocycles. The monoisotopic (exact) mass is 446 g/mol. The second-order valence-electron chi connectivity index (χ2n) is 7.51. The van der Waals surface area contributed by atoms with Crippen molar-refractivity contribution in [3.8, 4) is 11.5 Å². The summed E-state index contributed by atoms with van der Waals surface area (Å²) in [6, 6.07) is 16.1. The quantitative estimate of drug-likeness (QED) is 0.328. The first kappa shape index (κ1) is 20.4. The molecule has 0 radical (unpaired) electrons. The predicted octanol–water partition coefficient (Wildman–Crippen LogP) is 5.89. The Labute approximate surface area is 188 Å². The fraction of sp³-hybridized carbons (Fsp3) is 0.208. The van der Waals surface area contributed by atoms with E-state index in [1.807, 2.05) is 38.1 Å². The smallest absolute Gasteiger partial charge is 0.277 e. The van der Waals surface area contributed by atoms with E-state index in [1.165, 1.54) is 22.7 Å². The molecule has 0 aliphatic carbocycles. The minimum absolute atomic E-state index is 0.132. The number of nitrogens with one attached hydrogen (secondary N) is 1. The maximum atomic E-state index is 12.8. The Hall–Kier alpha value is -3.52. The summed E-state index contributed by atoms with van der Waals surface area (Å²) in [6.45, 7) is 6.66. The highest BCUT2D eigenvalue weighted by atomic mass is 32.2. The van der Waals surface area contributed by atoms with Gasteiger partial charge in [0.05, 0.1) is 17.1 Å². The van der Waals surface area contributed by atoms with Crippen molar-refractivity contribution >= 4 is 45.2 Å². The molecule has 1 N–H and O–H groups in total. The normalized spacial score (nSPS) is 12.5. The molecular weight excluding hydrogens is 424 g/mol. The fourth-order valence-corrected chi connectivity index (χ4v) is 4.58. The van der Waals surface area contributed by atoms with Gasteiger partial charge >= 0.3 is 0 Å². The van der Waals surface area contributed by atoms with Gasteiger partial charge < -0.3 is 18.7 Å². The molecule has 7 nitrogen and oxygen atoms in total. The van der Waals surface area contributed by atoms with Gasteiger partial charge in [-0.3, -0.25) is 4.79 Å². The van der Waals surface area contributed by atoms with E-state index in [0.717, 1.165) is 28.7 Å². The number of hydrogen-bond acceptors (Lipinski definition) is 6. The van der Waals surface area contributed by atoms with Crippen molar-refractivity contribution < 1.29 is 13.6 Å². The maximum absolute atomic E-state index is 12.8. The molecule has 5 aromatic rings. The van der Waals surface area contributed by atoms with Crippen LogP contribution in [0.25, 0.3) is 33.3 Å². The third-order valence-corrected chi connectivity index (χ3v) is 6.43. The first-order valence-corrected chi connectivity index (χ1v) is 11.3. The van der Waals surface area contributed by atoms with Crippen LogP contribution in [0.5, 0.6) is 0 Å². The number of carbonyl (C=O) groups is 1. The number of aromatic nitrogens is 3. The van der Waals surface area contributed by atoms with Crippen molar-refractivity contribution in [1.82, 2.24) is 14.8 Å². The highest BCUT2D eigenvalue weighted by molar-refractivity contribution is 8.00. The Morgan fingerprint density at radius 2 is 1.94 bits per heavy atom. The summed E-state index contributed by atoms with van der Waals surface area (Å²) >= 11 is 1.22. The number of fused-ring (bicyclic) bond motifs is 3. The van der Waals surface area contributed by atoms with Crippen molar-refractivity contribution in [2.75, 3.05) is 5.32 Å². The Kier molecular flexibility index (Phi) is 5.22. The molecule has 8 heteroatoms. The Morgan fingerprint density at radius 1 is 1.12 bits per heavy atom. The summed E-state index contributed by atoms with van der Waals surface area (Å²) in [5.41, 5.74) is 3.86. The minimum atomic E-state index is -0.415. The molecule has 5 rings (SSSR count). The minimum Gasteiger partial charge on any atom is -0.469 e. The summed E-state index contributed by atoms with van der Waals surface area (Å²) < 4.78 is 13.3. The number of para-hydroxylation sites is 1. The van der Waals surface area contributed by atoms with E-state index < -0.39 is 5.25 Å². The molecule has 1 unspecified atom stereocenters. The topological polar surface area (TPSA) is 86.1 Å². The number of furan rings is 1. The van der Waals surface area contributed by atoms with Crippen molar-refractivity contribution in [3.05, 3.63) is 60.6 Å². The highest BCUT2D eigenvalue weighted by Gasteiger charge is 2.20. The van der Waals surface area contributed by atoms with Crippen LogP contribution in [0.1, 0.15) is 19.6 Å². The van der Waals surface area contributed by atoms with Gasteiger partial charge in [-0.1, -0.05) is 30.0 Å². The zero-order chi connectivity index (χ0) is 22.2. The van der Waals surface area contributed by atoms with Gasteiger partial charge in [-0.05, 0) is 51.1 Å². The lowest BCUT2D eigenvalue weighted by molar-refractivity contribution is -0.115.